The lowest BCUT2D eigenvalue weighted by Gasteiger charge is -2.15. The van der Waals surface area contributed by atoms with Crippen LogP contribution in [-0.4, -0.2) is 17.0 Å². The molecule has 3 rings (SSSR count). The first-order valence-corrected chi connectivity index (χ1v) is 7.80. The predicted molar refractivity (Wildman–Crippen MR) is 90.3 cm³/mol. The third-order valence-corrected chi connectivity index (χ3v) is 3.62. The number of aromatic nitrogens is 1. The third-order valence-electron chi connectivity index (χ3n) is 3.62. The average Bonchev–Trinajstić information content (AvgIpc) is 3.16. The Kier molecular flexibility index (Phi) is 5.09. The van der Waals surface area contributed by atoms with Gasteiger partial charge in [0.2, 0.25) is 0 Å². The number of benzene rings is 1. The minimum absolute atomic E-state index is 0.0521. The maximum Gasteiger partial charge on any atom is 0.261 e. The van der Waals surface area contributed by atoms with E-state index in [9.17, 15) is 9.18 Å². The Balaban J connectivity index is 1.54. The van der Waals surface area contributed by atoms with Gasteiger partial charge in [-0.05, 0) is 36.8 Å². The van der Waals surface area contributed by atoms with Gasteiger partial charge in [0.1, 0.15) is 0 Å². The van der Waals surface area contributed by atoms with E-state index < -0.39 is 11.9 Å². The Morgan fingerprint density at radius 2 is 2.12 bits per heavy atom. The van der Waals surface area contributed by atoms with Crippen LogP contribution in [0.2, 0.25) is 0 Å². The summed E-state index contributed by atoms with van der Waals surface area (Å²) in [5, 5.41) is 2.75. The van der Waals surface area contributed by atoms with Crippen LogP contribution in [0, 0.1) is 5.82 Å². The molecular weight excluding hydrogens is 323 g/mol. The number of pyridine rings is 1. The quantitative estimate of drug-likeness (QED) is 0.745. The smallest absolute Gasteiger partial charge is 0.261 e. The zero-order valence-corrected chi connectivity index (χ0v) is 13.6. The molecule has 5 nitrogen and oxygen atoms in total. The zero-order chi connectivity index (χ0) is 17.6. The van der Waals surface area contributed by atoms with Crippen molar-refractivity contribution in [2.75, 3.05) is 0 Å². The molecular formula is C19H17FN2O3. The van der Waals surface area contributed by atoms with Gasteiger partial charge in [0.15, 0.2) is 17.7 Å². The summed E-state index contributed by atoms with van der Waals surface area (Å²) < 4.78 is 23.9. The third kappa shape index (κ3) is 4.23. The lowest BCUT2D eigenvalue weighted by Crippen LogP contribution is -2.36. The van der Waals surface area contributed by atoms with Crippen LogP contribution >= 0.6 is 0 Å². The van der Waals surface area contributed by atoms with Crippen molar-refractivity contribution in [2.24, 2.45) is 0 Å². The number of hydrogen-bond donors (Lipinski definition) is 1. The van der Waals surface area contributed by atoms with Crippen LogP contribution in [0.5, 0.6) is 5.75 Å². The highest BCUT2D eigenvalue weighted by atomic mass is 19.1. The molecule has 0 fully saturated rings. The van der Waals surface area contributed by atoms with E-state index in [-0.39, 0.29) is 11.7 Å². The summed E-state index contributed by atoms with van der Waals surface area (Å²) in [6.07, 6.45) is 4.08. The maximum absolute atomic E-state index is 13.5. The number of rotatable bonds is 6. The van der Waals surface area contributed by atoms with Gasteiger partial charge >= 0.3 is 0 Å². The molecule has 25 heavy (non-hydrogen) atoms. The molecule has 2 aromatic heterocycles. The van der Waals surface area contributed by atoms with Crippen LogP contribution in [0.25, 0.3) is 11.3 Å². The Hall–Kier alpha value is -3.15. The summed E-state index contributed by atoms with van der Waals surface area (Å²) >= 11 is 0. The van der Waals surface area contributed by atoms with Crippen molar-refractivity contribution in [1.29, 1.82) is 0 Å². The largest absolute Gasteiger partial charge is 0.478 e. The molecule has 3 aromatic rings. The van der Waals surface area contributed by atoms with E-state index in [1.54, 1.807) is 37.8 Å². The molecule has 2 heterocycles. The van der Waals surface area contributed by atoms with Gasteiger partial charge in [-0.25, -0.2) is 4.39 Å². The maximum atomic E-state index is 13.5. The number of nitrogens with one attached hydrogen (secondary N) is 1. The van der Waals surface area contributed by atoms with Crippen LogP contribution in [0.15, 0.2) is 65.6 Å². The Bertz CT molecular complexity index is 832. The number of halogens is 1. The van der Waals surface area contributed by atoms with Gasteiger partial charge in [-0.15, -0.1) is 0 Å². The van der Waals surface area contributed by atoms with Gasteiger partial charge in [-0.2, -0.15) is 0 Å². The molecule has 1 aromatic carbocycles. The Morgan fingerprint density at radius 3 is 2.80 bits per heavy atom. The highest BCUT2D eigenvalue weighted by Gasteiger charge is 2.16. The number of furan rings is 1. The van der Waals surface area contributed by atoms with Crippen LogP contribution < -0.4 is 10.1 Å². The molecule has 6 heteroatoms. The van der Waals surface area contributed by atoms with Gasteiger partial charge in [-0.3, -0.25) is 9.78 Å². The van der Waals surface area contributed by atoms with E-state index in [0.29, 0.717) is 6.54 Å². The molecule has 0 saturated heterocycles. The number of hydrogen-bond acceptors (Lipinski definition) is 4. The molecule has 128 valence electrons. The van der Waals surface area contributed by atoms with Crippen LogP contribution in [0.3, 0.4) is 0 Å². The van der Waals surface area contributed by atoms with Crippen molar-refractivity contribution in [2.45, 2.75) is 19.6 Å². The molecule has 0 saturated carbocycles. The fourth-order valence-electron chi connectivity index (χ4n) is 2.23. The van der Waals surface area contributed by atoms with E-state index >= 15 is 0 Å². The van der Waals surface area contributed by atoms with E-state index in [0.717, 1.165) is 16.8 Å². The van der Waals surface area contributed by atoms with E-state index in [1.807, 2.05) is 18.2 Å². The Labute approximate surface area is 144 Å². The minimum atomic E-state index is -0.810. The van der Waals surface area contributed by atoms with Crippen LogP contribution in [-0.2, 0) is 11.3 Å². The molecule has 0 aliphatic rings. The van der Waals surface area contributed by atoms with Crippen molar-refractivity contribution in [1.82, 2.24) is 10.3 Å². The standard InChI is InChI=1S/C19H17FN2O3/c1-13(25-18-5-3-2-4-16(18)20)19(23)22-11-14-6-7-17(21-10-14)15-8-9-24-12-15/h2-10,12-13H,11H2,1H3,(H,22,23)/t13-/m1/s1. The number of carbonyl (C=O) groups is 1. The van der Waals surface area contributed by atoms with Crippen molar-refractivity contribution in [3.8, 4) is 17.0 Å². The lowest BCUT2D eigenvalue weighted by atomic mass is 10.2. The minimum Gasteiger partial charge on any atom is -0.478 e. The predicted octanol–water partition coefficient (Wildman–Crippen LogP) is 3.56. The number of amides is 1. The number of para-hydroxylation sites is 1. The second kappa shape index (κ2) is 7.61. The van der Waals surface area contributed by atoms with Crippen molar-refractivity contribution in [3.63, 3.8) is 0 Å². The molecule has 0 unspecified atom stereocenters. The van der Waals surface area contributed by atoms with Gasteiger partial charge < -0.3 is 14.5 Å². The molecule has 0 spiro atoms. The van der Waals surface area contributed by atoms with Gasteiger partial charge in [0.05, 0.1) is 18.2 Å². The van der Waals surface area contributed by atoms with Crippen molar-refractivity contribution in [3.05, 3.63) is 72.6 Å². The molecule has 0 bridgehead atoms. The summed E-state index contributed by atoms with van der Waals surface area (Å²) in [5.74, 6) is -0.778. The van der Waals surface area contributed by atoms with Gasteiger partial charge in [0, 0.05) is 18.3 Å². The lowest BCUT2D eigenvalue weighted by molar-refractivity contribution is -0.127. The number of ether oxygens (including phenoxy) is 1. The second-order valence-electron chi connectivity index (χ2n) is 5.47. The first-order valence-electron chi connectivity index (χ1n) is 7.80. The highest BCUT2D eigenvalue weighted by molar-refractivity contribution is 5.80. The van der Waals surface area contributed by atoms with Crippen molar-refractivity contribution >= 4 is 5.91 Å². The van der Waals surface area contributed by atoms with E-state index in [2.05, 4.69) is 10.3 Å². The summed E-state index contributed by atoms with van der Waals surface area (Å²) in [6.45, 7) is 1.88. The normalized spacial score (nSPS) is 11.8. The fourth-order valence-corrected chi connectivity index (χ4v) is 2.23. The second-order valence-corrected chi connectivity index (χ2v) is 5.47. The summed E-state index contributed by atoms with van der Waals surface area (Å²) in [6, 6.07) is 11.5. The molecule has 0 aliphatic heterocycles. The number of nitrogens with zero attached hydrogens (tertiary/aromatic N) is 1. The van der Waals surface area contributed by atoms with Crippen molar-refractivity contribution < 1.29 is 18.3 Å². The molecule has 0 aliphatic carbocycles. The molecule has 1 amide bonds. The topological polar surface area (TPSA) is 64.4 Å². The first-order chi connectivity index (χ1) is 12.1. The van der Waals surface area contributed by atoms with Gasteiger partial charge in [-0.1, -0.05) is 18.2 Å². The molecule has 1 N–H and O–H groups in total. The zero-order valence-electron chi connectivity index (χ0n) is 13.6. The van der Waals surface area contributed by atoms with Crippen LogP contribution in [0.4, 0.5) is 4.39 Å². The Morgan fingerprint density at radius 1 is 1.28 bits per heavy atom. The summed E-state index contributed by atoms with van der Waals surface area (Å²) in [4.78, 5) is 16.4. The summed E-state index contributed by atoms with van der Waals surface area (Å²) in [5.41, 5.74) is 2.53. The summed E-state index contributed by atoms with van der Waals surface area (Å²) in [7, 11) is 0. The average molecular weight is 340 g/mol. The molecule has 0 radical (unpaired) electrons. The highest BCUT2D eigenvalue weighted by Crippen LogP contribution is 2.18. The van der Waals surface area contributed by atoms with E-state index in [1.165, 1.54) is 12.1 Å². The fraction of sp³-hybridized carbons (Fsp3) is 0.158. The SMILES string of the molecule is C[C@@H](Oc1ccccc1F)C(=O)NCc1ccc(-c2ccoc2)nc1. The van der Waals surface area contributed by atoms with E-state index in [4.69, 9.17) is 9.15 Å². The number of carbonyl (C=O) groups excluding carboxylic acids is 1. The van der Waals surface area contributed by atoms with Crippen LogP contribution in [0.1, 0.15) is 12.5 Å². The monoisotopic (exact) mass is 340 g/mol. The van der Waals surface area contributed by atoms with Gasteiger partial charge in [0.25, 0.3) is 5.91 Å². The molecule has 1 atom stereocenters. The first kappa shape index (κ1) is 16.7.